The van der Waals surface area contributed by atoms with Gasteiger partial charge in [-0.2, -0.15) is 0 Å². The molecule has 0 saturated carbocycles. The Hall–Kier alpha value is -1.51. The van der Waals surface area contributed by atoms with Crippen LogP contribution in [0.5, 0.6) is 5.75 Å². The van der Waals surface area contributed by atoms with Crippen molar-refractivity contribution in [3.8, 4) is 5.75 Å². The van der Waals surface area contributed by atoms with Gasteiger partial charge < -0.3 is 9.47 Å². The van der Waals surface area contributed by atoms with Crippen LogP contribution >= 0.6 is 0 Å². The molecule has 0 N–H and O–H groups in total. The number of ether oxygens (including phenoxy) is 2. The summed E-state index contributed by atoms with van der Waals surface area (Å²) in [5, 5.41) is 0. The first-order valence-electron chi connectivity index (χ1n) is 11.6. The Morgan fingerprint density at radius 2 is 1.21 bits per heavy atom. The van der Waals surface area contributed by atoms with Crippen LogP contribution in [0.25, 0.3) is 0 Å². The lowest BCUT2D eigenvalue weighted by molar-refractivity contribution is -0.145. The zero-order valence-electron chi connectivity index (χ0n) is 18.3. The van der Waals surface area contributed by atoms with Gasteiger partial charge in [0.2, 0.25) is 0 Å². The number of hydrogen-bond acceptors (Lipinski definition) is 3. The molecule has 0 bridgehead atoms. The molecule has 160 valence electrons. The van der Waals surface area contributed by atoms with Crippen molar-refractivity contribution in [2.24, 2.45) is 0 Å². The van der Waals surface area contributed by atoms with Gasteiger partial charge in [0.25, 0.3) is 0 Å². The lowest BCUT2D eigenvalue weighted by atomic mass is 10.0. The number of rotatable bonds is 18. The van der Waals surface area contributed by atoms with E-state index in [1.807, 2.05) is 31.2 Å². The Bertz CT molecular complexity index is 481. The highest BCUT2D eigenvalue weighted by molar-refractivity contribution is 5.69. The number of hydrogen-bond donors (Lipinski definition) is 0. The number of benzene rings is 1. The van der Waals surface area contributed by atoms with Crippen LogP contribution in [0.2, 0.25) is 0 Å². The molecule has 3 heteroatoms. The third-order valence-electron chi connectivity index (χ3n) is 5.12. The van der Waals surface area contributed by atoms with E-state index >= 15 is 0 Å². The van der Waals surface area contributed by atoms with Gasteiger partial charge in [0.1, 0.15) is 12.4 Å². The average Bonchev–Trinajstić information content (AvgIpc) is 2.71. The summed E-state index contributed by atoms with van der Waals surface area (Å²) in [6, 6.07) is 7.73. The Morgan fingerprint density at radius 3 is 1.71 bits per heavy atom. The highest BCUT2D eigenvalue weighted by atomic mass is 16.5. The molecule has 0 spiro atoms. The van der Waals surface area contributed by atoms with Crippen LogP contribution in [0.3, 0.4) is 0 Å². The molecule has 3 nitrogen and oxygen atoms in total. The Labute approximate surface area is 173 Å². The molecule has 28 heavy (non-hydrogen) atoms. The van der Waals surface area contributed by atoms with Crippen molar-refractivity contribution in [2.45, 2.75) is 110 Å². The third-order valence-corrected chi connectivity index (χ3v) is 5.12. The van der Waals surface area contributed by atoms with Crippen molar-refractivity contribution in [3.05, 3.63) is 29.8 Å². The molecular formula is C25H42O3. The highest BCUT2D eigenvalue weighted by Crippen LogP contribution is 2.15. The highest BCUT2D eigenvalue weighted by Gasteiger charge is 2.04. The summed E-state index contributed by atoms with van der Waals surface area (Å²) in [7, 11) is 0. The van der Waals surface area contributed by atoms with Crippen molar-refractivity contribution in [1.82, 2.24) is 0 Å². The van der Waals surface area contributed by atoms with Gasteiger partial charge in [-0.25, -0.2) is 0 Å². The third kappa shape index (κ3) is 13.6. The first-order valence-corrected chi connectivity index (χ1v) is 11.6. The van der Waals surface area contributed by atoms with Gasteiger partial charge in [-0.1, -0.05) is 96.1 Å². The van der Waals surface area contributed by atoms with Crippen LogP contribution in [-0.4, -0.2) is 12.6 Å². The van der Waals surface area contributed by atoms with Crippen LogP contribution in [-0.2, 0) is 16.1 Å². The van der Waals surface area contributed by atoms with Crippen molar-refractivity contribution in [3.63, 3.8) is 0 Å². The molecule has 0 radical (unpaired) electrons. The minimum Gasteiger partial charge on any atom is -0.494 e. The smallest absolute Gasteiger partial charge is 0.306 e. The summed E-state index contributed by atoms with van der Waals surface area (Å²) in [4.78, 5) is 11.8. The quantitative estimate of drug-likeness (QED) is 0.191. The normalized spacial score (nSPS) is 10.8. The molecule has 0 aliphatic carbocycles. The molecule has 0 aromatic heterocycles. The molecule has 0 fully saturated rings. The fourth-order valence-electron chi connectivity index (χ4n) is 3.37. The molecule has 0 saturated heterocycles. The number of esters is 1. The lowest BCUT2D eigenvalue weighted by Gasteiger charge is -2.07. The molecule has 0 aliphatic rings. The molecule has 0 heterocycles. The average molecular weight is 391 g/mol. The summed E-state index contributed by atoms with van der Waals surface area (Å²) >= 11 is 0. The molecule has 0 aliphatic heterocycles. The summed E-state index contributed by atoms with van der Waals surface area (Å²) in [6.07, 6.45) is 17.7. The maximum Gasteiger partial charge on any atom is 0.306 e. The van der Waals surface area contributed by atoms with Gasteiger partial charge in [-0.15, -0.1) is 0 Å². The Kier molecular flexibility index (Phi) is 15.4. The minimum atomic E-state index is -0.0862. The summed E-state index contributed by atoms with van der Waals surface area (Å²) < 4.78 is 10.8. The van der Waals surface area contributed by atoms with Gasteiger partial charge in [-0.3, -0.25) is 4.79 Å². The van der Waals surface area contributed by atoms with E-state index in [1.165, 1.54) is 70.6 Å². The van der Waals surface area contributed by atoms with Crippen molar-refractivity contribution in [2.75, 3.05) is 6.61 Å². The van der Waals surface area contributed by atoms with Gasteiger partial charge in [-0.05, 0) is 31.0 Å². The summed E-state index contributed by atoms with van der Waals surface area (Å²) in [5.41, 5.74) is 1.00. The zero-order chi connectivity index (χ0) is 20.3. The van der Waals surface area contributed by atoms with Crippen LogP contribution in [0.15, 0.2) is 24.3 Å². The van der Waals surface area contributed by atoms with Crippen molar-refractivity contribution >= 4 is 5.97 Å². The number of unbranched alkanes of at least 4 members (excludes halogenated alkanes) is 12. The van der Waals surface area contributed by atoms with E-state index in [9.17, 15) is 4.79 Å². The molecule has 0 amide bonds. The van der Waals surface area contributed by atoms with E-state index < -0.39 is 0 Å². The van der Waals surface area contributed by atoms with E-state index in [-0.39, 0.29) is 5.97 Å². The van der Waals surface area contributed by atoms with Crippen LogP contribution in [0, 0.1) is 0 Å². The van der Waals surface area contributed by atoms with Gasteiger partial charge in [0.05, 0.1) is 6.61 Å². The number of carbonyl (C=O) groups is 1. The lowest BCUT2D eigenvalue weighted by Crippen LogP contribution is -2.04. The molecule has 1 rings (SSSR count). The van der Waals surface area contributed by atoms with E-state index in [0.29, 0.717) is 19.6 Å². The molecular weight excluding hydrogens is 348 g/mol. The van der Waals surface area contributed by atoms with Gasteiger partial charge in [0.15, 0.2) is 0 Å². The topological polar surface area (TPSA) is 35.5 Å². The molecule has 0 unspecified atom stereocenters. The molecule has 0 atom stereocenters. The number of carbonyl (C=O) groups excluding carboxylic acids is 1. The SMILES string of the molecule is CCCCCCCCCCCCCCCC(=O)OCc1ccc(OCC)cc1. The van der Waals surface area contributed by atoms with Crippen LogP contribution in [0.4, 0.5) is 0 Å². The van der Waals surface area contributed by atoms with Gasteiger partial charge in [0, 0.05) is 6.42 Å². The zero-order valence-corrected chi connectivity index (χ0v) is 18.3. The van der Waals surface area contributed by atoms with Crippen molar-refractivity contribution < 1.29 is 14.3 Å². The van der Waals surface area contributed by atoms with Crippen LogP contribution < -0.4 is 4.74 Å². The van der Waals surface area contributed by atoms with E-state index in [2.05, 4.69) is 6.92 Å². The largest absolute Gasteiger partial charge is 0.494 e. The van der Waals surface area contributed by atoms with E-state index in [0.717, 1.165) is 24.2 Å². The second-order valence-corrected chi connectivity index (χ2v) is 7.73. The first kappa shape index (κ1) is 24.5. The van der Waals surface area contributed by atoms with Gasteiger partial charge >= 0.3 is 5.97 Å². The summed E-state index contributed by atoms with van der Waals surface area (Å²) in [6.45, 7) is 5.25. The van der Waals surface area contributed by atoms with Crippen LogP contribution in [0.1, 0.15) is 109 Å². The second kappa shape index (κ2) is 17.6. The standard InChI is InChI=1S/C25H42O3/c1-3-5-6-7-8-9-10-11-12-13-14-15-16-17-25(26)28-22-23-18-20-24(21-19-23)27-4-2/h18-21H,3-17,22H2,1-2H3. The molecule has 1 aromatic carbocycles. The predicted octanol–water partition coefficient (Wildman–Crippen LogP) is 7.61. The molecule has 1 aromatic rings. The Morgan fingerprint density at radius 1 is 0.714 bits per heavy atom. The Balaban J connectivity index is 1.88. The monoisotopic (exact) mass is 390 g/mol. The minimum absolute atomic E-state index is 0.0862. The summed E-state index contributed by atoms with van der Waals surface area (Å²) in [5.74, 6) is 0.765. The van der Waals surface area contributed by atoms with E-state index in [1.54, 1.807) is 0 Å². The van der Waals surface area contributed by atoms with E-state index in [4.69, 9.17) is 9.47 Å². The maximum absolute atomic E-state index is 11.8. The predicted molar refractivity (Wildman–Crippen MR) is 118 cm³/mol. The second-order valence-electron chi connectivity index (χ2n) is 7.73. The fraction of sp³-hybridized carbons (Fsp3) is 0.720. The fourth-order valence-corrected chi connectivity index (χ4v) is 3.37. The first-order chi connectivity index (χ1) is 13.8. The maximum atomic E-state index is 11.8. The van der Waals surface area contributed by atoms with Crippen molar-refractivity contribution in [1.29, 1.82) is 0 Å².